The van der Waals surface area contributed by atoms with Crippen LogP contribution < -0.4 is 16.6 Å². The first kappa shape index (κ1) is 31.0. The molecule has 11 heteroatoms. The van der Waals surface area contributed by atoms with Crippen LogP contribution in [-0.4, -0.2) is 77.8 Å². The summed E-state index contributed by atoms with van der Waals surface area (Å²) in [5.74, 6) is 4.45. The van der Waals surface area contributed by atoms with E-state index in [0.717, 1.165) is 12.0 Å². The largest absolute Gasteiger partial charge is 0.459 e. The second-order valence-corrected chi connectivity index (χ2v) is 10.9. The maximum atomic E-state index is 12.3. The van der Waals surface area contributed by atoms with Crippen molar-refractivity contribution in [3.8, 4) is 0 Å². The molecule has 0 aromatic rings. The summed E-state index contributed by atoms with van der Waals surface area (Å²) in [6.45, 7) is 9.48. The molecule has 0 bridgehead atoms. The first-order chi connectivity index (χ1) is 18.4. The lowest BCUT2D eigenvalue weighted by Crippen LogP contribution is -2.51. The van der Waals surface area contributed by atoms with Gasteiger partial charge in [0.2, 0.25) is 11.8 Å². The maximum Gasteiger partial charge on any atom is 0.303 e. The van der Waals surface area contributed by atoms with Gasteiger partial charge in [0.15, 0.2) is 0 Å². The van der Waals surface area contributed by atoms with Crippen molar-refractivity contribution in [1.29, 1.82) is 0 Å². The highest BCUT2D eigenvalue weighted by atomic mass is 16.6. The summed E-state index contributed by atoms with van der Waals surface area (Å²) in [5.41, 5.74) is 2.45. The molecule has 0 saturated carbocycles. The zero-order valence-electron chi connectivity index (χ0n) is 23.4. The molecule has 0 aliphatic carbocycles. The summed E-state index contributed by atoms with van der Waals surface area (Å²) in [7, 11) is 0. The highest BCUT2D eigenvalue weighted by Gasteiger charge is 2.58. The third-order valence-corrected chi connectivity index (χ3v) is 7.50. The number of hydrogen-bond donors (Lipinski definition) is 4. The van der Waals surface area contributed by atoms with Crippen LogP contribution in [0.15, 0.2) is 36.0 Å². The van der Waals surface area contributed by atoms with Gasteiger partial charge in [0.05, 0.1) is 37.4 Å². The summed E-state index contributed by atoms with van der Waals surface area (Å²) in [5, 5.41) is 13.7. The van der Waals surface area contributed by atoms with Crippen molar-refractivity contribution in [3.63, 3.8) is 0 Å². The minimum absolute atomic E-state index is 0.00478. The molecule has 0 radical (unpaired) electrons. The van der Waals surface area contributed by atoms with E-state index in [0.29, 0.717) is 19.4 Å². The van der Waals surface area contributed by atoms with Crippen LogP contribution in [0.4, 0.5) is 0 Å². The van der Waals surface area contributed by atoms with Gasteiger partial charge in [-0.3, -0.25) is 19.8 Å². The molecule has 0 aromatic carbocycles. The monoisotopic (exact) mass is 549 g/mol. The third-order valence-electron chi connectivity index (χ3n) is 7.50. The molecule has 2 amide bonds. The molecular formula is C28H43N3O8. The average Bonchev–Trinajstić information content (AvgIpc) is 3.64. The number of nitrogens with two attached hydrogens (primary N) is 1. The summed E-state index contributed by atoms with van der Waals surface area (Å²) in [4.78, 5) is 35.1. The lowest BCUT2D eigenvalue weighted by Gasteiger charge is -2.39. The fraction of sp³-hybridized carbons (Fsp3) is 0.679. The molecule has 11 nitrogen and oxygen atoms in total. The van der Waals surface area contributed by atoms with E-state index in [1.165, 1.54) is 13.0 Å². The first-order valence-electron chi connectivity index (χ1n) is 13.6. The molecule has 3 rings (SSSR count). The number of hydrogen-bond acceptors (Lipinski definition) is 9. The van der Waals surface area contributed by atoms with Gasteiger partial charge in [-0.05, 0) is 45.6 Å². The Bertz CT molecular complexity index is 976. The fourth-order valence-corrected chi connectivity index (χ4v) is 5.15. The second kappa shape index (κ2) is 13.7. The Morgan fingerprint density at radius 2 is 1.92 bits per heavy atom. The molecule has 1 unspecified atom stereocenters. The van der Waals surface area contributed by atoms with Gasteiger partial charge in [0, 0.05) is 19.4 Å². The Balaban J connectivity index is 1.50. The molecular weight excluding hydrogens is 506 g/mol. The fourth-order valence-electron chi connectivity index (χ4n) is 5.15. The Kier molecular flexibility index (Phi) is 10.9. The zero-order valence-corrected chi connectivity index (χ0v) is 23.4. The van der Waals surface area contributed by atoms with Crippen LogP contribution in [0.2, 0.25) is 0 Å². The topological polar surface area (TPSA) is 162 Å². The number of aliphatic hydroxyl groups is 1. The number of aliphatic hydroxyl groups excluding tert-OH is 1. The van der Waals surface area contributed by atoms with E-state index in [1.54, 1.807) is 13.0 Å². The summed E-state index contributed by atoms with van der Waals surface area (Å²) < 4.78 is 22.8. The molecule has 5 N–H and O–H groups in total. The predicted octanol–water partition coefficient (Wildman–Crippen LogP) is 1.35. The minimum Gasteiger partial charge on any atom is -0.459 e. The molecule has 1 spiro atoms. The number of hydrazine groups is 1. The van der Waals surface area contributed by atoms with Crippen LogP contribution >= 0.6 is 0 Å². The summed E-state index contributed by atoms with van der Waals surface area (Å²) in [6.07, 6.45) is 8.30. The van der Waals surface area contributed by atoms with Crippen LogP contribution in [0, 0.1) is 5.92 Å². The molecule has 3 fully saturated rings. The number of nitrogens with one attached hydrogen (secondary N) is 2. The number of carbonyl (C=O) groups excluding carboxylic acids is 3. The van der Waals surface area contributed by atoms with Gasteiger partial charge in [-0.2, -0.15) is 0 Å². The molecule has 9 atom stereocenters. The Morgan fingerprint density at radius 3 is 2.56 bits per heavy atom. The van der Waals surface area contributed by atoms with Crippen molar-refractivity contribution < 1.29 is 38.4 Å². The third kappa shape index (κ3) is 8.97. The van der Waals surface area contributed by atoms with E-state index in [1.807, 2.05) is 26.0 Å². The highest BCUT2D eigenvalue weighted by Crippen LogP contribution is 2.43. The number of amides is 2. The van der Waals surface area contributed by atoms with Crippen LogP contribution in [0.1, 0.15) is 60.3 Å². The predicted molar refractivity (Wildman–Crippen MR) is 143 cm³/mol. The number of epoxide rings is 1. The van der Waals surface area contributed by atoms with Crippen LogP contribution in [-0.2, 0) is 33.3 Å². The van der Waals surface area contributed by atoms with Crippen molar-refractivity contribution in [1.82, 2.24) is 10.7 Å². The van der Waals surface area contributed by atoms with E-state index < -0.39 is 36.0 Å². The summed E-state index contributed by atoms with van der Waals surface area (Å²) >= 11 is 0. The van der Waals surface area contributed by atoms with Crippen molar-refractivity contribution in [3.05, 3.63) is 36.0 Å². The van der Waals surface area contributed by atoms with Crippen LogP contribution in [0.3, 0.4) is 0 Å². The summed E-state index contributed by atoms with van der Waals surface area (Å²) in [6, 6.07) is -0.126. The van der Waals surface area contributed by atoms with E-state index in [2.05, 4.69) is 23.7 Å². The van der Waals surface area contributed by atoms with Gasteiger partial charge in [-0.25, -0.2) is 5.84 Å². The minimum atomic E-state index is -0.812. The molecule has 3 aliphatic heterocycles. The normalized spacial score (nSPS) is 35.7. The zero-order chi connectivity index (χ0) is 28.7. The van der Waals surface area contributed by atoms with Gasteiger partial charge in [-0.15, -0.1) is 0 Å². The first-order valence-corrected chi connectivity index (χ1v) is 13.6. The van der Waals surface area contributed by atoms with Crippen LogP contribution in [0.25, 0.3) is 0 Å². The van der Waals surface area contributed by atoms with Gasteiger partial charge < -0.3 is 29.4 Å². The van der Waals surface area contributed by atoms with Crippen LogP contribution in [0.5, 0.6) is 0 Å². The molecule has 0 aromatic heterocycles. The second-order valence-electron chi connectivity index (χ2n) is 10.9. The Hall–Kier alpha value is -2.57. The van der Waals surface area contributed by atoms with E-state index in [9.17, 15) is 19.5 Å². The standard InChI is InChI=1S/C28H43N3O8/c1-16(7-10-24-27(35)28(15-36-28)14-21(39-24)13-26(34)31-29)6-9-23-17(2)12-22(19(4)38-23)30-25(33)11-8-18(3)37-20(5)32/h6-8,10-11,17-19,21-24,27,35H,9,12-15,29H2,1-5H3,(H,30,33)(H,31,34)/b10-7+,11-8?,16-6+/t17-,18?,19+,21+,22+,23-,24+,27+,28+/m0/s1. The SMILES string of the molecule is CC(=O)OC(C)C=CC(=O)N[C@@H]1C[C@H](C)[C@H](C/C=C(C)/C=C/[C@H]2O[C@H](CC(=O)NN)C[C@@]3(CO3)[C@@H]2O)O[C@@H]1C. The number of allylic oxidation sites excluding steroid dienone is 2. The van der Waals surface area contributed by atoms with Crippen molar-refractivity contribution in [2.24, 2.45) is 11.8 Å². The molecule has 3 aliphatic rings. The quantitative estimate of drug-likeness (QED) is 0.0599. The lowest BCUT2D eigenvalue weighted by atomic mass is 9.87. The smallest absolute Gasteiger partial charge is 0.303 e. The van der Waals surface area contributed by atoms with Gasteiger partial charge >= 0.3 is 5.97 Å². The highest BCUT2D eigenvalue weighted by molar-refractivity contribution is 5.87. The molecule has 39 heavy (non-hydrogen) atoms. The molecule has 218 valence electrons. The molecule has 3 saturated heterocycles. The maximum absolute atomic E-state index is 12.3. The van der Waals surface area contributed by atoms with Crippen molar-refractivity contribution in [2.45, 2.75) is 109 Å². The number of esters is 1. The van der Waals surface area contributed by atoms with Crippen molar-refractivity contribution >= 4 is 17.8 Å². The number of rotatable bonds is 10. The van der Waals surface area contributed by atoms with E-state index >= 15 is 0 Å². The molecule has 3 heterocycles. The Morgan fingerprint density at radius 1 is 1.21 bits per heavy atom. The van der Waals surface area contributed by atoms with E-state index in [-0.39, 0.29) is 42.4 Å². The number of ether oxygens (including phenoxy) is 4. The Labute approximate surface area is 230 Å². The number of carbonyl (C=O) groups is 3. The van der Waals surface area contributed by atoms with Gasteiger partial charge in [-0.1, -0.05) is 30.7 Å². The van der Waals surface area contributed by atoms with E-state index in [4.69, 9.17) is 24.8 Å². The average molecular weight is 550 g/mol. The lowest BCUT2D eigenvalue weighted by molar-refractivity contribution is -0.145. The van der Waals surface area contributed by atoms with Gasteiger partial charge in [0.25, 0.3) is 0 Å². The van der Waals surface area contributed by atoms with Gasteiger partial charge in [0.1, 0.15) is 23.9 Å². The van der Waals surface area contributed by atoms with Crippen molar-refractivity contribution in [2.75, 3.05) is 6.61 Å².